The van der Waals surface area contributed by atoms with E-state index in [9.17, 15) is 18.0 Å². The van der Waals surface area contributed by atoms with Gasteiger partial charge in [-0.05, 0) is 65.8 Å². The van der Waals surface area contributed by atoms with Crippen molar-refractivity contribution in [1.29, 1.82) is 0 Å². The van der Waals surface area contributed by atoms with Crippen LogP contribution in [-0.2, 0) is 15.2 Å². The largest absolute Gasteiger partial charge is 0.453 e. The predicted molar refractivity (Wildman–Crippen MR) is 150 cm³/mol. The predicted octanol–water partition coefficient (Wildman–Crippen LogP) is 6.79. The highest BCUT2D eigenvalue weighted by Crippen LogP contribution is 2.41. The van der Waals surface area contributed by atoms with Crippen molar-refractivity contribution in [2.75, 3.05) is 6.26 Å². The third-order valence-corrected chi connectivity index (χ3v) is 8.41. The lowest BCUT2D eigenvalue weighted by atomic mass is 9.94. The van der Waals surface area contributed by atoms with Crippen molar-refractivity contribution in [3.63, 3.8) is 0 Å². The van der Waals surface area contributed by atoms with Crippen LogP contribution in [0.3, 0.4) is 0 Å². The molecule has 0 aliphatic carbocycles. The molecular formula is C28H22F3N5O2S2. The van der Waals surface area contributed by atoms with E-state index in [2.05, 4.69) is 15.1 Å². The Morgan fingerprint density at radius 1 is 1.10 bits per heavy atom. The van der Waals surface area contributed by atoms with Crippen LogP contribution in [0.5, 0.6) is 0 Å². The van der Waals surface area contributed by atoms with E-state index in [4.69, 9.17) is 9.92 Å². The Morgan fingerprint density at radius 2 is 1.88 bits per heavy atom. The van der Waals surface area contributed by atoms with E-state index >= 15 is 0 Å². The van der Waals surface area contributed by atoms with Gasteiger partial charge in [-0.25, -0.2) is 14.5 Å². The number of carbonyl (C=O) groups excluding carboxylic acids is 1. The summed E-state index contributed by atoms with van der Waals surface area (Å²) in [6.45, 7) is 0. The second-order valence-corrected chi connectivity index (χ2v) is 11.1. The third-order valence-electron chi connectivity index (χ3n) is 6.70. The lowest BCUT2D eigenvalue weighted by molar-refractivity contribution is -0.144. The van der Waals surface area contributed by atoms with Gasteiger partial charge in [-0.1, -0.05) is 36.4 Å². The molecule has 0 fully saturated rings. The topological polar surface area (TPSA) is 98.8 Å². The van der Waals surface area contributed by atoms with Gasteiger partial charge in [-0.15, -0.1) is 5.10 Å². The number of nitrogens with one attached hydrogen (secondary N) is 1. The number of nitrogens with zero attached hydrogens (tertiary/aromatic N) is 3. The monoisotopic (exact) mass is 581 g/mol. The van der Waals surface area contributed by atoms with Crippen LogP contribution >= 0.6 is 23.8 Å². The van der Waals surface area contributed by atoms with Crippen LogP contribution in [0.1, 0.15) is 23.1 Å². The minimum atomic E-state index is -4.71. The Morgan fingerprint density at radius 3 is 2.60 bits per heavy atom. The number of halogens is 3. The van der Waals surface area contributed by atoms with Gasteiger partial charge in [-0.3, -0.25) is 0 Å². The summed E-state index contributed by atoms with van der Waals surface area (Å²) in [5.41, 5.74) is 10.5. The molecule has 0 radical (unpaired) electrons. The fourth-order valence-corrected chi connectivity index (χ4v) is 6.16. The molecule has 1 aliphatic rings. The first-order valence-electron chi connectivity index (χ1n) is 12.2. The van der Waals surface area contributed by atoms with Crippen LogP contribution in [0.4, 0.5) is 13.2 Å². The average molecular weight is 582 g/mol. The second-order valence-electron chi connectivity index (χ2n) is 9.29. The lowest BCUT2D eigenvalue weighted by Gasteiger charge is -2.20. The number of alkyl halides is 3. The summed E-state index contributed by atoms with van der Waals surface area (Å²) in [5, 5.41) is 4.61. The van der Waals surface area contributed by atoms with Gasteiger partial charge in [0.15, 0.2) is 5.82 Å². The van der Waals surface area contributed by atoms with Crippen molar-refractivity contribution < 1.29 is 22.1 Å². The molecule has 0 saturated carbocycles. The maximum absolute atomic E-state index is 13.6. The first kappa shape index (κ1) is 26.5. The van der Waals surface area contributed by atoms with Crippen molar-refractivity contribution in [3.8, 4) is 28.3 Å². The summed E-state index contributed by atoms with van der Waals surface area (Å²) < 4.78 is 47.4. The molecule has 5 aromatic rings. The number of para-hydroxylation sites is 1. The van der Waals surface area contributed by atoms with Crippen molar-refractivity contribution in [2.45, 2.75) is 28.8 Å². The number of benzene rings is 3. The zero-order valence-corrected chi connectivity index (χ0v) is 22.6. The summed E-state index contributed by atoms with van der Waals surface area (Å²) in [5.74, 6) is -1.63. The molecule has 3 aromatic carbocycles. The highest BCUT2D eigenvalue weighted by atomic mass is 32.2. The van der Waals surface area contributed by atoms with Crippen LogP contribution in [0.2, 0.25) is 0 Å². The van der Waals surface area contributed by atoms with Crippen molar-refractivity contribution >= 4 is 40.7 Å². The number of nitrogens with two attached hydrogens (primary N) is 1. The van der Waals surface area contributed by atoms with Gasteiger partial charge in [0.25, 0.3) is 5.82 Å². The van der Waals surface area contributed by atoms with Crippen molar-refractivity contribution in [2.24, 2.45) is 5.73 Å². The minimum Gasteiger partial charge on any atom is -0.385 e. The first-order chi connectivity index (χ1) is 19.2. The normalized spacial score (nSPS) is 17.8. The number of aromatic nitrogens is 4. The van der Waals surface area contributed by atoms with Gasteiger partial charge in [0.1, 0.15) is 6.04 Å². The SMILES string of the molecule is CSC1CC(N)C(=O)OSc2ccc(-c3ccc(-n4nc(C(F)(F)F)nc4-c4cc5ccccc5[nH]4)cc3)c1c2. The van der Waals surface area contributed by atoms with E-state index in [0.29, 0.717) is 17.8 Å². The molecule has 3 N–H and O–H groups in total. The third kappa shape index (κ3) is 4.98. The van der Waals surface area contributed by atoms with Crippen LogP contribution in [0.15, 0.2) is 77.7 Å². The number of thioether (sulfide) groups is 1. The smallest absolute Gasteiger partial charge is 0.385 e. The van der Waals surface area contributed by atoms with E-state index in [1.54, 1.807) is 30.0 Å². The number of hydrogen-bond donors (Lipinski definition) is 2. The summed E-state index contributed by atoms with van der Waals surface area (Å²) in [6.07, 6.45) is -2.34. The molecule has 2 aromatic heterocycles. The van der Waals surface area contributed by atoms with E-state index in [-0.39, 0.29) is 11.1 Å². The van der Waals surface area contributed by atoms with E-state index in [1.807, 2.05) is 60.9 Å². The van der Waals surface area contributed by atoms with Gasteiger partial charge < -0.3 is 14.9 Å². The fourth-order valence-electron chi connectivity index (χ4n) is 4.71. The summed E-state index contributed by atoms with van der Waals surface area (Å²) >= 11 is 2.57. The molecule has 12 heteroatoms. The number of aromatic amines is 1. The summed E-state index contributed by atoms with van der Waals surface area (Å²) in [6, 6.07) is 21.3. The molecule has 0 amide bonds. The maximum atomic E-state index is 13.6. The number of hydrogen-bond acceptors (Lipinski definition) is 7. The van der Waals surface area contributed by atoms with Crippen LogP contribution in [0.25, 0.3) is 39.2 Å². The zero-order chi connectivity index (χ0) is 28.0. The summed E-state index contributed by atoms with van der Waals surface area (Å²) in [7, 11) is 0. The summed E-state index contributed by atoms with van der Waals surface area (Å²) in [4.78, 5) is 20.0. The quantitative estimate of drug-likeness (QED) is 0.226. The van der Waals surface area contributed by atoms with Crippen molar-refractivity contribution in [3.05, 3.63) is 84.2 Å². The molecular weight excluding hydrogens is 559 g/mol. The number of carbonyl (C=O) groups is 1. The molecule has 1 aliphatic heterocycles. The van der Waals surface area contributed by atoms with Crippen LogP contribution < -0.4 is 5.73 Å². The van der Waals surface area contributed by atoms with Crippen LogP contribution in [0, 0.1) is 0 Å². The molecule has 2 atom stereocenters. The average Bonchev–Trinajstić information content (AvgIpc) is 3.59. The molecule has 2 bridgehead atoms. The lowest BCUT2D eigenvalue weighted by Crippen LogP contribution is -2.32. The zero-order valence-electron chi connectivity index (χ0n) is 21.0. The molecule has 204 valence electrons. The molecule has 40 heavy (non-hydrogen) atoms. The van der Waals surface area contributed by atoms with Gasteiger partial charge in [0.2, 0.25) is 0 Å². The van der Waals surface area contributed by atoms with Gasteiger partial charge in [-0.2, -0.15) is 24.9 Å². The Kier molecular flexibility index (Phi) is 6.85. The highest BCUT2D eigenvalue weighted by Gasteiger charge is 2.37. The Bertz CT molecular complexity index is 1680. The maximum Gasteiger partial charge on any atom is 0.453 e. The van der Waals surface area contributed by atoms with E-state index in [0.717, 1.165) is 44.5 Å². The molecule has 2 unspecified atom stereocenters. The Labute approximate surface area is 235 Å². The Balaban J connectivity index is 1.41. The molecule has 0 saturated heterocycles. The fraction of sp³-hybridized carbons (Fsp3) is 0.179. The van der Waals surface area contributed by atoms with E-state index in [1.165, 1.54) is 4.68 Å². The van der Waals surface area contributed by atoms with Crippen LogP contribution in [-0.4, -0.2) is 38.0 Å². The standard InChI is InChI=1S/C28H22F3N5O2S2/c1-39-24-14-21(32)26(37)38-40-18-10-11-19(20(24)13-18)15-6-8-17(9-7-15)36-25(34-27(35-36)28(29,30)31)23-12-16-4-2-3-5-22(16)33-23/h2-13,21,24,33H,14,32H2,1H3. The number of H-pyrrole nitrogens is 1. The minimum absolute atomic E-state index is 0.0536. The molecule has 6 rings (SSSR count). The van der Waals surface area contributed by atoms with Gasteiger partial charge in [0.05, 0.1) is 23.4 Å². The van der Waals surface area contributed by atoms with E-state index < -0.39 is 24.0 Å². The molecule has 3 heterocycles. The first-order valence-corrected chi connectivity index (χ1v) is 14.3. The van der Waals surface area contributed by atoms with Crippen molar-refractivity contribution in [1.82, 2.24) is 19.7 Å². The highest BCUT2D eigenvalue weighted by molar-refractivity contribution is 7.98. The second kappa shape index (κ2) is 10.3. The number of rotatable bonds is 4. The van der Waals surface area contributed by atoms with Gasteiger partial charge in [0, 0.05) is 21.0 Å². The number of fused-ring (bicyclic) bond motifs is 3. The Hall–Kier alpha value is -3.74. The molecule has 0 spiro atoms. The molecule has 7 nitrogen and oxygen atoms in total. The van der Waals surface area contributed by atoms with Gasteiger partial charge >= 0.3 is 12.1 Å².